The lowest BCUT2D eigenvalue weighted by Crippen LogP contribution is -2.40. The third kappa shape index (κ3) is 2.57. The van der Waals surface area contributed by atoms with Crippen molar-refractivity contribution in [3.05, 3.63) is 34.9 Å². The van der Waals surface area contributed by atoms with Gasteiger partial charge in [-0.25, -0.2) is 4.79 Å². The Labute approximate surface area is 116 Å². The van der Waals surface area contributed by atoms with Crippen LogP contribution >= 0.6 is 11.6 Å². The van der Waals surface area contributed by atoms with Crippen LogP contribution in [0.3, 0.4) is 0 Å². The number of aliphatic hydroxyl groups excluding tert-OH is 1. The van der Waals surface area contributed by atoms with Gasteiger partial charge in [-0.3, -0.25) is 9.69 Å². The maximum Gasteiger partial charge on any atom is 0.325 e. The SMILES string of the molecule is CC1(C)NC(=O)N(C[C@H](O)c2ccccc2Cl)C1=O. The first kappa shape index (κ1) is 13.8. The number of amides is 3. The Balaban J connectivity index is 2.16. The number of nitrogens with zero attached hydrogens (tertiary/aromatic N) is 1. The van der Waals surface area contributed by atoms with Crippen LogP contribution in [0.1, 0.15) is 25.5 Å². The van der Waals surface area contributed by atoms with E-state index in [1.165, 1.54) is 0 Å². The highest BCUT2D eigenvalue weighted by Crippen LogP contribution is 2.25. The van der Waals surface area contributed by atoms with Crippen LogP contribution in [0.25, 0.3) is 0 Å². The van der Waals surface area contributed by atoms with Crippen LogP contribution in [0.5, 0.6) is 0 Å². The Kier molecular flexibility index (Phi) is 3.52. The summed E-state index contributed by atoms with van der Waals surface area (Å²) in [5.74, 6) is -0.358. The summed E-state index contributed by atoms with van der Waals surface area (Å²) in [6.45, 7) is 3.13. The molecule has 1 aliphatic rings. The molecule has 3 amide bonds. The molecule has 2 N–H and O–H groups in total. The van der Waals surface area contributed by atoms with Crippen molar-refractivity contribution in [2.45, 2.75) is 25.5 Å². The largest absolute Gasteiger partial charge is 0.386 e. The van der Waals surface area contributed by atoms with Gasteiger partial charge in [0.1, 0.15) is 5.54 Å². The van der Waals surface area contributed by atoms with Crippen LogP contribution in [0, 0.1) is 0 Å². The van der Waals surface area contributed by atoms with Crippen molar-refractivity contribution in [2.75, 3.05) is 6.54 Å². The van der Waals surface area contributed by atoms with Gasteiger partial charge < -0.3 is 10.4 Å². The van der Waals surface area contributed by atoms with Crippen LogP contribution in [-0.2, 0) is 4.79 Å². The number of nitrogens with one attached hydrogen (secondary N) is 1. The molecule has 2 rings (SSSR count). The zero-order chi connectivity index (χ0) is 14.2. The highest BCUT2D eigenvalue weighted by Gasteiger charge is 2.44. The quantitative estimate of drug-likeness (QED) is 0.829. The van der Waals surface area contributed by atoms with Crippen LogP contribution in [-0.4, -0.2) is 34.0 Å². The summed E-state index contributed by atoms with van der Waals surface area (Å²) in [6, 6.07) is 6.29. The van der Waals surface area contributed by atoms with Crippen molar-refractivity contribution in [3.63, 3.8) is 0 Å². The first-order chi connectivity index (χ1) is 8.83. The van der Waals surface area contributed by atoms with Gasteiger partial charge in [-0.15, -0.1) is 0 Å². The summed E-state index contributed by atoms with van der Waals surface area (Å²) in [6.07, 6.45) is -1.00. The summed E-state index contributed by atoms with van der Waals surface area (Å²) in [4.78, 5) is 24.7. The fraction of sp³-hybridized carbons (Fsp3) is 0.385. The van der Waals surface area contributed by atoms with Crippen molar-refractivity contribution in [1.29, 1.82) is 0 Å². The van der Waals surface area contributed by atoms with E-state index in [2.05, 4.69) is 5.32 Å². The number of carbonyl (C=O) groups is 2. The molecule has 0 saturated carbocycles. The molecule has 1 fully saturated rings. The average molecular weight is 283 g/mol. The average Bonchev–Trinajstić information content (AvgIpc) is 2.52. The fourth-order valence-electron chi connectivity index (χ4n) is 2.00. The Morgan fingerprint density at radius 2 is 2.00 bits per heavy atom. The first-order valence-electron chi connectivity index (χ1n) is 5.89. The summed E-state index contributed by atoms with van der Waals surface area (Å²) >= 11 is 5.97. The van der Waals surface area contributed by atoms with Gasteiger partial charge in [-0.2, -0.15) is 0 Å². The predicted octanol–water partition coefficient (Wildman–Crippen LogP) is 1.70. The van der Waals surface area contributed by atoms with E-state index in [1.54, 1.807) is 38.1 Å². The number of carbonyl (C=O) groups excluding carboxylic acids is 2. The molecule has 0 radical (unpaired) electrons. The van der Waals surface area contributed by atoms with Crippen molar-refractivity contribution >= 4 is 23.5 Å². The van der Waals surface area contributed by atoms with Gasteiger partial charge in [0, 0.05) is 10.6 Å². The summed E-state index contributed by atoms with van der Waals surface area (Å²) < 4.78 is 0. The minimum atomic E-state index is -1.00. The standard InChI is InChI=1S/C13H15ClN2O3/c1-13(2)11(18)16(12(19)15-13)7-10(17)8-5-3-4-6-9(8)14/h3-6,10,17H,7H2,1-2H3,(H,15,19)/t10-/m0/s1. The molecule has 0 aliphatic carbocycles. The minimum absolute atomic E-state index is 0.113. The smallest absolute Gasteiger partial charge is 0.325 e. The van der Waals surface area contributed by atoms with Gasteiger partial charge in [-0.05, 0) is 19.9 Å². The van der Waals surface area contributed by atoms with Gasteiger partial charge in [0.2, 0.25) is 0 Å². The molecule has 0 aromatic heterocycles. The molecule has 1 heterocycles. The van der Waals surface area contributed by atoms with E-state index in [1.807, 2.05) is 0 Å². The normalized spacial score (nSPS) is 19.5. The fourth-order valence-corrected chi connectivity index (χ4v) is 2.26. The van der Waals surface area contributed by atoms with E-state index < -0.39 is 17.7 Å². The second-order valence-corrected chi connectivity index (χ2v) is 5.42. The Hall–Kier alpha value is -1.59. The first-order valence-corrected chi connectivity index (χ1v) is 6.27. The number of imide groups is 1. The topological polar surface area (TPSA) is 69.6 Å². The predicted molar refractivity (Wildman–Crippen MR) is 70.7 cm³/mol. The highest BCUT2D eigenvalue weighted by molar-refractivity contribution is 6.31. The molecular weight excluding hydrogens is 268 g/mol. The van der Waals surface area contributed by atoms with E-state index in [4.69, 9.17) is 11.6 Å². The molecule has 0 unspecified atom stereocenters. The van der Waals surface area contributed by atoms with E-state index in [0.29, 0.717) is 10.6 Å². The van der Waals surface area contributed by atoms with Gasteiger partial charge in [0.15, 0.2) is 0 Å². The van der Waals surface area contributed by atoms with Crippen LogP contribution in [0.15, 0.2) is 24.3 Å². The number of β-amino-alcohol motifs (C(OH)–C–C–N with tert-alkyl or cyclic N) is 1. The van der Waals surface area contributed by atoms with Gasteiger partial charge in [0.05, 0.1) is 12.6 Å². The second-order valence-electron chi connectivity index (χ2n) is 5.01. The molecule has 1 aliphatic heterocycles. The van der Waals surface area contributed by atoms with Crippen LogP contribution in [0.4, 0.5) is 4.79 Å². The maximum absolute atomic E-state index is 12.0. The van der Waals surface area contributed by atoms with Crippen molar-refractivity contribution in [1.82, 2.24) is 10.2 Å². The van der Waals surface area contributed by atoms with Crippen molar-refractivity contribution in [2.24, 2.45) is 0 Å². The number of hydrogen-bond acceptors (Lipinski definition) is 3. The molecule has 1 saturated heterocycles. The second kappa shape index (κ2) is 4.83. The molecule has 0 spiro atoms. The molecule has 1 atom stereocenters. The van der Waals surface area contributed by atoms with Gasteiger partial charge >= 0.3 is 6.03 Å². The van der Waals surface area contributed by atoms with Crippen molar-refractivity contribution < 1.29 is 14.7 Å². The Morgan fingerprint density at radius 3 is 2.53 bits per heavy atom. The third-order valence-electron chi connectivity index (χ3n) is 3.06. The molecule has 19 heavy (non-hydrogen) atoms. The lowest BCUT2D eigenvalue weighted by Gasteiger charge is -2.20. The summed E-state index contributed by atoms with van der Waals surface area (Å²) in [7, 11) is 0. The lowest BCUT2D eigenvalue weighted by molar-refractivity contribution is -0.131. The summed E-state index contributed by atoms with van der Waals surface area (Å²) in [5.41, 5.74) is -0.438. The molecule has 1 aromatic rings. The molecular formula is C13H15ClN2O3. The molecule has 102 valence electrons. The van der Waals surface area contributed by atoms with E-state index in [9.17, 15) is 14.7 Å². The number of aliphatic hydroxyl groups is 1. The third-order valence-corrected chi connectivity index (χ3v) is 3.41. The monoisotopic (exact) mass is 282 g/mol. The minimum Gasteiger partial charge on any atom is -0.386 e. The molecule has 0 bridgehead atoms. The zero-order valence-electron chi connectivity index (χ0n) is 10.7. The lowest BCUT2D eigenvalue weighted by atomic mass is 10.1. The number of urea groups is 1. The van der Waals surface area contributed by atoms with E-state index in [0.717, 1.165) is 4.90 Å². The Morgan fingerprint density at radius 1 is 1.37 bits per heavy atom. The van der Waals surface area contributed by atoms with E-state index in [-0.39, 0.29) is 12.5 Å². The maximum atomic E-state index is 12.0. The molecule has 1 aromatic carbocycles. The van der Waals surface area contributed by atoms with Gasteiger partial charge in [-0.1, -0.05) is 29.8 Å². The van der Waals surface area contributed by atoms with E-state index >= 15 is 0 Å². The van der Waals surface area contributed by atoms with Crippen LogP contribution < -0.4 is 5.32 Å². The molecule has 5 nitrogen and oxygen atoms in total. The summed E-state index contributed by atoms with van der Waals surface area (Å²) in [5, 5.41) is 13.1. The van der Waals surface area contributed by atoms with Crippen molar-refractivity contribution in [3.8, 4) is 0 Å². The number of benzene rings is 1. The van der Waals surface area contributed by atoms with Gasteiger partial charge in [0.25, 0.3) is 5.91 Å². The molecule has 6 heteroatoms. The zero-order valence-corrected chi connectivity index (χ0v) is 11.4. The number of hydrogen-bond donors (Lipinski definition) is 2. The number of rotatable bonds is 3. The highest BCUT2D eigenvalue weighted by atomic mass is 35.5. The van der Waals surface area contributed by atoms with Crippen LogP contribution in [0.2, 0.25) is 5.02 Å². The Bertz CT molecular complexity index is 530. The number of halogens is 1.